The van der Waals surface area contributed by atoms with E-state index in [1.54, 1.807) is 30.3 Å². The quantitative estimate of drug-likeness (QED) is 0.347. The highest BCUT2D eigenvalue weighted by molar-refractivity contribution is 7.40. The summed E-state index contributed by atoms with van der Waals surface area (Å²) in [7, 11) is 4.43. The Morgan fingerprint density at radius 3 is 1.91 bits per heavy atom. The number of ether oxygens (including phenoxy) is 5. The molecule has 35 heavy (non-hydrogen) atoms. The standard InChI is InChI=1S/C24H20N2O7S2/c1-29-14-7-11(8-15(30-2)21(14)31-3)20(28)23-18(26)16-17(25)22(34-24(16)35-23)19(27)10-4-5-12-13(6-10)33-9-32-12/h4-8H,9,25-26H2,1-3H3. The van der Waals surface area contributed by atoms with Gasteiger partial charge in [0.05, 0.1) is 42.1 Å². The maximum Gasteiger partial charge on any atom is 0.231 e. The van der Waals surface area contributed by atoms with Crippen LogP contribution in [-0.4, -0.2) is 39.7 Å². The van der Waals surface area contributed by atoms with Crippen LogP contribution in [0.15, 0.2) is 30.3 Å². The van der Waals surface area contributed by atoms with E-state index in [2.05, 4.69) is 0 Å². The van der Waals surface area contributed by atoms with E-state index in [4.69, 9.17) is 35.2 Å². The lowest BCUT2D eigenvalue weighted by molar-refractivity contribution is 0.103. The highest BCUT2D eigenvalue weighted by Crippen LogP contribution is 2.47. The molecule has 0 radical (unpaired) electrons. The number of nitrogens with two attached hydrogens (primary N) is 2. The van der Waals surface area contributed by atoms with Crippen molar-refractivity contribution in [3.05, 3.63) is 51.2 Å². The summed E-state index contributed by atoms with van der Waals surface area (Å²) in [5.74, 6) is 1.59. The lowest BCUT2D eigenvalue weighted by Gasteiger charge is -2.13. The van der Waals surface area contributed by atoms with E-state index in [1.165, 1.54) is 44.0 Å². The molecule has 0 fully saturated rings. The Bertz CT molecular complexity index is 1480. The highest BCUT2D eigenvalue weighted by atomic mass is 32.2. The predicted molar refractivity (Wildman–Crippen MR) is 134 cm³/mol. The lowest BCUT2D eigenvalue weighted by Crippen LogP contribution is -2.05. The van der Waals surface area contributed by atoms with Crippen molar-refractivity contribution in [3.63, 3.8) is 0 Å². The van der Waals surface area contributed by atoms with E-state index in [1.807, 2.05) is 0 Å². The molecule has 4 N–H and O–H groups in total. The van der Waals surface area contributed by atoms with E-state index in [-0.39, 0.29) is 29.7 Å². The molecule has 11 heteroatoms. The molecule has 0 unspecified atom stereocenters. The smallest absolute Gasteiger partial charge is 0.231 e. The fourth-order valence-corrected chi connectivity index (χ4v) is 6.39. The molecule has 1 aliphatic rings. The SMILES string of the molecule is COc1cc(C(=O)c2sc3sc(C(=O)c4ccc5c(c4)OCO5)c(N)c3c2N)cc(OC)c1OC. The first kappa shape index (κ1) is 22.8. The topological polar surface area (TPSA) is 132 Å². The van der Waals surface area contributed by atoms with Crippen LogP contribution in [0.2, 0.25) is 0 Å². The highest BCUT2D eigenvalue weighted by Gasteiger charge is 2.28. The minimum atomic E-state index is -0.321. The molecule has 180 valence electrons. The Morgan fingerprint density at radius 2 is 1.37 bits per heavy atom. The van der Waals surface area contributed by atoms with E-state index < -0.39 is 0 Å². The summed E-state index contributed by atoms with van der Waals surface area (Å²) < 4.78 is 27.4. The summed E-state index contributed by atoms with van der Waals surface area (Å²) in [4.78, 5) is 27.2. The Hall–Kier alpha value is -3.96. The summed E-state index contributed by atoms with van der Waals surface area (Å²) in [6.45, 7) is 0.114. The molecule has 0 spiro atoms. The second-order valence-electron chi connectivity index (χ2n) is 7.49. The Kier molecular flexibility index (Phi) is 5.65. The van der Waals surface area contributed by atoms with Crippen LogP contribution in [0, 0.1) is 0 Å². The summed E-state index contributed by atoms with van der Waals surface area (Å²) in [5.41, 5.74) is 13.9. The fraction of sp³-hybridized carbons (Fsp3) is 0.167. The fourth-order valence-electron chi connectivity index (χ4n) is 3.86. The van der Waals surface area contributed by atoms with Crippen LogP contribution in [0.5, 0.6) is 28.7 Å². The molecular weight excluding hydrogens is 492 g/mol. The zero-order chi connectivity index (χ0) is 24.9. The van der Waals surface area contributed by atoms with Gasteiger partial charge in [-0.05, 0) is 30.3 Å². The van der Waals surface area contributed by atoms with Gasteiger partial charge in [0.15, 0.2) is 23.0 Å². The van der Waals surface area contributed by atoms with Crippen molar-refractivity contribution in [2.45, 2.75) is 0 Å². The van der Waals surface area contributed by atoms with Crippen LogP contribution in [0.3, 0.4) is 0 Å². The number of carbonyl (C=O) groups excluding carboxylic acids is 2. The number of nitrogen functional groups attached to an aromatic ring is 2. The molecule has 0 bridgehead atoms. The van der Waals surface area contributed by atoms with Gasteiger partial charge in [-0.2, -0.15) is 0 Å². The van der Waals surface area contributed by atoms with E-state index >= 15 is 0 Å². The van der Waals surface area contributed by atoms with Gasteiger partial charge >= 0.3 is 0 Å². The number of methoxy groups -OCH3 is 3. The van der Waals surface area contributed by atoms with Crippen LogP contribution in [-0.2, 0) is 0 Å². The van der Waals surface area contributed by atoms with Crippen molar-refractivity contribution in [2.75, 3.05) is 39.6 Å². The Labute approximate surface area is 207 Å². The molecule has 0 saturated heterocycles. The van der Waals surface area contributed by atoms with Crippen LogP contribution in [0.1, 0.15) is 30.5 Å². The molecule has 1 aliphatic heterocycles. The van der Waals surface area contributed by atoms with Crippen molar-refractivity contribution in [3.8, 4) is 28.7 Å². The summed E-state index contributed by atoms with van der Waals surface area (Å²) in [6.07, 6.45) is 0. The zero-order valence-corrected chi connectivity index (χ0v) is 20.6. The van der Waals surface area contributed by atoms with Gasteiger partial charge in [0.1, 0.15) is 9.75 Å². The number of benzene rings is 2. The Morgan fingerprint density at radius 1 is 0.800 bits per heavy atom. The summed E-state index contributed by atoms with van der Waals surface area (Å²) in [5, 5.41) is 0.500. The average molecular weight is 513 g/mol. The number of ketones is 2. The zero-order valence-electron chi connectivity index (χ0n) is 18.9. The number of hydrogen-bond acceptors (Lipinski definition) is 11. The number of fused-ring (bicyclic) bond motifs is 2. The van der Waals surface area contributed by atoms with Crippen molar-refractivity contribution in [1.29, 1.82) is 0 Å². The van der Waals surface area contributed by atoms with Gasteiger partial charge in [-0.25, -0.2) is 0 Å². The Balaban J connectivity index is 1.53. The molecule has 3 heterocycles. The van der Waals surface area contributed by atoms with E-state index in [9.17, 15) is 9.59 Å². The number of anilines is 2. The average Bonchev–Trinajstić information content (AvgIpc) is 3.57. The molecule has 0 atom stereocenters. The van der Waals surface area contributed by atoms with Crippen molar-refractivity contribution in [1.82, 2.24) is 0 Å². The molecule has 0 aliphatic carbocycles. The predicted octanol–water partition coefficient (Wildman–Crippen LogP) is 4.34. The van der Waals surface area contributed by atoms with Gasteiger partial charge in [0, 0.05) is 11.1 Å². The van der Waals surface area contributed by atoms with E-state index in [0.29, 0.717) is 59.0 Å². The maximum atomic E-state index is 13.4. The number of hydrogen-bond donors (Lipinski definition) is 2. The normalized spacial score (nSPS) is 12.1. The lowest BCUT2D eigenvalue weighted by atomic mass is 10.1. The van der Waals surface area contributed by atoms with E-state index in [0.717, 1.165) is 0 Å². The second-order valence-corrected chi connectivity index (χ2v) is 9.79. The van der Waals surface area contributed by atoms with Crippen molar-refractivity contribution < 1.29 is 33.3 Å². The van der Waals surface area contributed by atoms with Crippen LogP contribution in [0.25, 0.3) is 9.40 Å². The van der Waals surface area contributed by atoms with Crippen LogP contribution < -0.4 is 35.2 Å². The van der Waals surface area contributed by atoms with Gasteiger partial charge in [0.25, 0.3) is 0 Å². The second kappa shape index (κ2) is 8.67. The minimum absolute atomic E-state index is 0.114. The number of carbonyl (C=O) groups is 2. The van der Waals surface area contributed by atoms with Crippen molar-refractivity contribution >= 4 is 55.0 Å². The summed E-state index contributed by atoms with van der Waals surface area (Å²) >= 11 is 2.38. The van der Waals surface area contributed by atoms with Gasteiger partial charge in [-0.3, -0.25) is 9.59 Å². The third-order valence-electron chi connectivity index (χ3n) is 5.60. The van der Waals surface area contributed by atoms with Gasteiger partial charge in [-0.1, -0.05) is 0 Å². The maximum absolute atomic E-state index is 13.4. The number of rotatable bonds is 7. The monoisotopic (exact) mass is 512 g/mol. The molecule has 9 nitrogen and oxygen atoms in total. The largest absolute Gasteiger partial charge is 0.493 e. The van der Waals surface area contributed by atoms with Crippen molar-refractivity contribution in [2.24, 2.45) is 0 Å². The molecule has 5 rings (SSSR count). The molecular formula is C24H20N2O7S2. The minimum Gasteiger partial charge on any atom is -0.493 e. The first-order valence-electron chi connectivity index (χ1n) is 10.3. The number of thiophene rings is 2. The van der Waals surface area contributed by atoms with Gasteiger partial charge < -0.3 is 35.2 Å². The molecule has 0 amide bonds. The molecule has 0 saturated carbocycles. The van der Waals surface area contributed by atoms with Gasteiger partial charge in [0.2, 0.25) is 24.1 Å². The molecule has 4 aromatic rings. The van der Waals surface area contributed by atoms with Crippen LogP contribution in [0.4, 0.5) is 11.4 Å². The molecule has 2 aromatic heterocycles. The van der Waals surface area contributed by atoms with Gasteiger partial charge in [-0.15, -0.1) is 22.7 Å². The molecule has 2 aromatic carbocycles. The third-order valence-corrected chi connectivity index (χ3v) is 8.09. The van der Waals surface area contributed by atoms with Crippen LogP contribution >= 0.6 is 22.7 Å². The first-order chi connectivity index (χ1) is 16.9. The third kappa shape index (κ3) is 3.60. The summed E-state index contributed by atoms with van der Waals surface area (Å²) in [6, 6.07) is 8.10. The first-order valence-corrected chi connectivity index (χ1v) is 11.9.